The van der Waals surface area contributed by atoms with Gasteiger partial charge >= 0.3 is 10.1 Å². The maximum absolute atomic E-state index is 12.7. The zero-order valence-corrected chi connectivity index (χ0v) is 14.0. The monoisotopic (exact) mass is 327 g/mol. The van der Waals surface area contributed by atoms with Gasteiger partial charge in [0.15, 0.2) is 5.75 Å². The molecule has 0 unspecified atom stereocenters. The van der Waals surface area contributed by atoms with Crippen molar-refractivity contribution in [3.63, 3.8) is 0 Å². The third-order valence-electron chi connectivity index (χ3n) is 3.65. The normalized spacial score (nSPS) is 11.6. The van der Waals surface area contributed by atoms with E-state index in [0.29, 0.717) is 16.6 Å². The van der Waals surface area contributed by atoms with Gasteiger partial charge in [-0.05, 0) is 44.0 Å². The lowest BCUT2D eigenvalue weighted by Crippen LogP contribution is -2.13. The third-order valence-corrected chi connectivity index (χ3v) is 5.19. The number of aromatic nitrogens is 1. The molecule has 0 fully saturated rings. The SMILES string of the molecule is Cc1cc(C)c(S(=O)(=O)Oc2cccc3cccnc23)c(C)c1. The van der Waals surface area contributed by atoms with Gasteiger partial charge in [-0.1, -0.05) is 35.9 Å². The summed E-state index contributed by atoms with van der Waals surface area (Å²) in [6.45, 7) is 5.49. The van der Waals surface area contributed by atoms with Crippen molar-refractivity contribution >= 4 is 21.0 Å². The van der Waals surface area contributed by atoms with E-state index >= 15 is 0 Å². The second-order valence-corrected chi connectivity index (χ2v) is 7.08. The first-order valence-corrected chi connectivity index (χ1v) is 8.65. The first-order chi connectivity index (χ1) is 10.9. The lowest BCUT2D eigenvalue weighted by molar-refractivity contribution is 0.487. The van der Waals surface area contributed by atoms with E-state index in [9.17, 15) is 8.42 Å². The Hall–Kier alpha value is -2.40. The molecule has 0 spiro atoms. The van der Waals surface area contributed by atoms with Gasteiger partial charge in [-0.25, -0.2) is 0 Å². The Morgan fingerprint density at radius 2 is 1.61 bits per heavy atom. The number of fused-ring (bicyclic) bond motifs is 1. The average molecular weight is 327 g/mol. The molecule has 23 heavy (non-hydrogen) atoms. The van der Waals surface area contributed by atoms with Crippen molar-refractivity contribution in [1.29, 1.82) is 0 Å². The minimum absolute atomic E-state index is 0.219. The Morgan fingerprint density at radius 1 is 0.957 bits per heavy atom. The smallest absolute Gasteiger partial charge is 0.339 e. The van der Waals surface area contributed by atoms with Crippen LogP contribution >= 0.6 is 0 Å². The van der Waals surface area contributed by atoms with Gasteiger partial charge in [0.1, 0.15) is 10.4 Å². The molecule has 0 aliphatic heterocycles. The molecule has 4 nitrogen and oxygen atoms in total. The van der Waals surface area contributed by atoms with Gasteiger partial charge in [0.2, 0.25) is 0 Å². The summed E-state index contributed by atoms with van der Waals surface area (Å²) in [7, 11) is -3.92. The van der Waals surface area contributed by atoms with Gasteiger partial charge in [-0.3, -0.25) is 4.98 Å². The Kier molecular flexibility index (Phi) is 3.82. The van der Waals surface area contributed by atoms with Crippen molar-refractivity contribution in [3.8, 4) is 5.75 Å². The molecule has 118 valence electrons. The summed E-state index contributed by atoms with van der Waals surface area (Å²) in [5.41, 5.74) is 2.90. The van der Waals surface area contributed by atoms with E-state index in [1.807, 2.05) is 31.2 Å². The second kappa shape index (κ2) is 5.66. The molecule has 3 rings (SSSR count). The molecule has 0 amide bonds. The van der Waals surface area contributed by atoms with Crippen molar-refractivity contribution in [2.24, 2.45) is 0 Å². The Bertz CT molecular complexity index is 966. The average Bonchev–Trinajstić information content (AvgIpc) is 2.45. The third kappa shape index (κ3) is 2.92. The minimum atomic E-state index is -3.92. The highest BCUT2D eigenvalue weighted by atomic mass is 32.2. The van der Waals surface area contributed by atoms with Crippen molar-refractivity contribution < 1.29 is 12.6 Å². The molecule has 0 atom stereocenters. The summed E-state index contributed by atoms with van der Waals surface area (Å²) >= 11 is 0. The summed E-state index contributed by atoms with van der Waals surface area (Å²) < 4.78 is 30.9. The fraction of sp³-hybridized carbons (Fsp3) is 0.167. The van der Waals surface area contributed by atoms with Crippen LogP contribution in [0.15, 0.2) is 53.6 Å². The molecular formula is C18H17NO3S. The number of hydrogen-bond donors (Lipinski definition) is 0. The van der Waals surface area contributed by atoms with Gasteiger partial charge < -0.3 is 4.18 Å². The maximum atomic E-state index is 12.7. The van der Waals surface area contributed by atoms with E-state index in [0.717, 1.165) is 10.9 Å². The van der Waals surface area contributed by atoms with Crippen LogP contribution in [0.4, 0.5) is 0 Å². The molecule has 0 radical (unpaired) electrons. The molecule has 5 heteroatoms. The van der Waals surface area contributed by atoms with E-state index in [-0.39, 0.29) is 10.6 Å². The highest BCUT2D eigenvalue weighted by Gasteiger charge is 2.23. The Balaban J connectivity index is 2.12. The number of pyridine rings is 1. The van der Waals surface area contributed by atoms with E-state index in [1.165, 1.54) is 0 Å². The summed E-state index contributed by atoms with van der Waals surface area (Å²) in [6.07, 6.45) is 1.62. The van der Waals surface area contributed by atoms with Crippen molar-refractivity contribution in [1.82, 2.24) is 4.98 Å². The second-order valence-electron chi connectivity index (χ2n) is 5.60. The van der Waals surface area contributed by atoms with Crippen molar-refractivity contribution in [2.45, 2.75) is 25.7 Å². The van der Waals surface area contributed by atoms with E-state index in [4.69, 9.17) is 4.18 Å². The van der Waals surface area contributed by atoms with Crippen molar-refractivity contribution in [3.05, 3.63) is 65.4 Å². The first kappa shape index (κ1) is 15.5. The summed E-state index contributed by atoms with van der Waals surface area (Å²) in [5, 5.41) is 0.831. The highest BCUT2D eigenvalue weighted by Crippen LogP contribution is 2.29. The van der Waals surface area contributed by atoms with Crippen LogP contribution in [-0.2, 0) is 10.1 Å². The highest BCUT2D eigenvalue weighted by molar-refractivity contribution is 7.87. The molecule has 1 heterocycles. The lowest BCUT2D eigenvalue weighted by Gasteiger charge is -2.13. The molecule has 3 aromatic rings. The van der Waals surface area contributed by atoms with Crippen LogP contribution in [0.2, 0.25) is 0 Å². The van der Waals surface area contributed by atoms with Gasteiger partial charge in [-0.2, -0.15) is 8.42 Å². The van der Waals surface area contributed by atoms with Gasteiger partial charge in [-0.15, -0.1) is 0 Å². The minimum Gasteiger partial charge on any atom is -0.377 e. The summed E-state index contributed by atoms with van der Waals surface area (Å²) in [4.78, 5) is 4.45. The fourth-order valence-corrected chi connectivity index (χ4v) is 4.23. The number of rotatable bonds is 3. The number of benzene rings is 2. The lowest BCUT2D eigenvalue weighted by atomic mass is 10.1. The van der Waals surface area contributed by atoms with Crippen LogP contribution in [-0.4, -0.2) is 13.4 Å². The molecule has 0 aliphatic carbocycles. The van der Waals surface area contributed by atoms with Crippen LogP contribution in [0.5, 0.6) is 5.75 Å². The van der Waals surface area contributed by atoms with E-state index in [2.05, 4.69) is 4.98 Å². The summed E-state index contributed by atoms with van der Waals surface area (Å²) in [5.74, 6) is 0.238. The number of hydrogen-bond acceptors (Lipinski definition) is 4. The maximum Gasteiger partial charge on any atom is 0.339 e. The largest absolute Gasteiger partial charge is 0.377 e. The molecule has 0 N–H and O–H groups in total. The molecule has 1 aromatic heterocycles. The van der Waals surface area contributed by atoms with Crippen LogP contribution < -0.4 is 4.18 Å². The molecule has 0 aliphatic rings. The van der Waals surface area contributed by atoms with Crippen molar-refractivity contribution in [2.75, 3.05) is 0 Å². The Labute approximate surface area is 135 Å². The number of para-hydroxylation sites is 1. The Morgan fingerprint density at radius 3 is 2.30 bits per heavy atom. The van der Waals surface area contributed by atoms with Gasteiger partial charge in [0.25, 0.3) is 0 Å². The van der Waals surface area contributed by atoms with Crippen LogP contribution in [0.3, 0.4) is 0 Å². The van der Waals surface area contributed by atoms with Crippen LogP contribution in [0, 0.1) is 20.8 Å². The zero-order valence-electron chi connectivity index (χ0n) is 13.2. The molecule has 0 bridgehead atoms. The number of aryl methyl sites for hydroxylation is 3. The van der Waals surface area contributed by atoms with Crippen LogP contribution in [0.1, 0.15) is 16.7 Å². The van der Waals surface area contributed by atoms with Crippen LogP contribution in [0.25, 0.3) is 10.9 Å². The van der Waals surface area contributed by atoms with Gasteiger partial charge in [0, 0.05) is 11.6 Å². The fourth-order valence-electron chi connectivity index (χ4n) is 2.86. The molecule has 0 saturated carbocycles. The van der Waals surface area contributed by atoms with E-state index in [1.54, 1.807) is 38.2 Å². The molecule has 0 saturated heterocycles. The predicted octanol–water partition coefficient (Wildman–Crippen LogP) is 3.93. The summed E-state index contributed by atoms with van der Waals surface area (Å²) in [6, 6.07) is 12.6. The van der Waals surface area contributed by atoms with Gasteiger partial charge in [0.05, 0.1) is 0 Å². The topological polar surface area (TPSA) is 56.3 Å². The zero-order chi connectivity index (χ0) is 16.6. The first-order valence-electron chi connectivity index (χ1n) is 7.24. The van der Waals surface area contributed by atoms with E-state index < -0.39 is 10.1 Å². The molecular weight excluding hydrogens is 310 g/mol. The quantitative estimate of drug-likeness (QED) is 0.684. The molecule has 2 aromatic carbocycles. The predicted molar refractivity (Wildman–Crippen MR) is 90.2 cm³/mol. The number of nitrogens with zero attached hydrogens (tertiary/aromatic N) is 1. The standard InChI is InChI=1S/C18H17NO3S/c1-12-10-13(2)18(14(3)11-12)23(20,21)22-16-8-4-6-15-7-5-9-19-17(15)16/h4-11H,1-3H3.